The maximum absolute atomic E-state index is 5.63. The van der Waals surface area contributed by atoms with Gasteiger partial charge in [0.05, 0.1) is 5.70 Å². The summed E-state index contributed by atoms with van der Waals surface area (Å²) in [5.74, 6) is 2.06. The van der Waals surface area contributed by atoms with Crippen LogP contribution in [0.2, 0.25) is 0 Å². The molecule has 0 spiro atoms. The Hall–Kier alpha value is -0.740. The van der Waals surface area contributed by atoms with Crippen LogP contribution in [0.4, 0.5) is 0 Å². The van der Waals surface area contributed by atoms with Crippen LogP contribution in [0.15, 0.2) is 46.4 Å². The molecule has 1 aromatic rings. The van der Waals surface area contributed by atoms with Gasteiger partial charge in [-0.15, -0.1) is 0 Å². The van der Waals surface area contributed by atoms with Crippen LogP contribution >= 0.6 is 26.8 Å². The Balaban J connectivity index is 1.84. The minimum Gasteiger partial charge on any atom is -0.487 e. The van der Waals surface area contributed by atoms with Crippen molar-refractivity contribution < 1.29 is 4.74 Å². The molecule has 0 aromatic heterocycles. The molecule has 1 aromatic carbocycles. The van der Waals surface area contributed by atoms with E-state index in [1.54, 1.807) is 0 Å². The number of para-hydroxylation sites is 1. The highest BCUT2D eigenvalue weighted by Crippen LogP contribution is 2.31. The van der Waals surface area contributed by atoms with E-state index in [4.69, 9.17) is 4.74 Å². The van der Waals surface area contributed by atoms with E-state index in [0.29, 0.717) is 6.61 Å². The molecule has 0 N–H and O–H groups in total. The quantitative estimate of drug-likeness (QED) is 0.653. The first-order valence-electron chi connectivity index (χ1n) is 5.13. The summed E-state index contributed by atoms with van der Waals surface area (Å²) in [4.78, 5) is 4.37. The van der Waals surface area contributed by atoms with Crippen molar-refractivity contribution in [3.05, 3.63) is 41.4 Å². The third-order valence-electron chi connectivity index (χ3n) is 2.16. The molecule has 0 aliphatic carbocycles. The Morgan fingerprint density at radius 3 is 2.81 bits per heavy atom. The zero-order valence-electron chi connectivity index (χ0n) is 8.84. The van der Waals surface area contributed by atoms with Crippen LogP contribution in [-0.2, 0) is 0 Å². The van der Waals surface area contributed by atoms with Crippen molar-refractivity contribution in [3.63, 3.8) is 0 Å². The fourth-order valence-electron chi connectivity index (χ4n) is 1.37. The van der Waals surface area contributed by atoms with Gasteiger partial charge in [0.15, 0.2) is 0 Å². The van der Waals surface area contributed by atoms with Gasteiger partial charge < -0.3 is 4.74 Å². The van der Waals surface area contributed by atoms with E-state index in [0.717, 1.165) is 22.5 Å². The molecule has 2 nitrogen and oxygen atoms in total. The number of hydrogen-bond donors (Lipinski definition) is 1. The van der Waals surface area contributed by atoms with Gasteiger partial charge in [0.25, 0.3) is 0 Å². The molecule has 1 aliphatic rings. The summed E-state index contributed by atoms with van der Waals surface area (Å²) in [7, 11) is -0.146. The smallest absolute Gasteiger partial charge is 0.131 e. The highest BCUT2D eigenvalue weighted by molar-refractivity contribution is 9.09. The lowest BCUT2D eigenvalue weighted by molar-refractivity contribution is 0.351. The van der Waals surface area contributed by atoms with Crippen LogP contribution in [0.5, 0.6) is 5.75 Å². The second kappa shape index (κ2) is 6.11. The summed E-state index contributed by atoms with van der Waals surface area (Å²) in [6.07, 6.45) is 0. The van der Waals surface area contributed by atoms with Crippen molar-refractivity contribution >= 4 is 32.4 Å². The van der Waals surface area contributed by atoms with E-state index in [2.05, 4.69) is 31.9 Å². The van der Waals surface area contributed by atoms with Crippen molar-refractivity contribution in [2.75, 3.05) is 17.7 Å². The molecule has 4 heteroatoms. The van der Waals surface area contributed by atoms with Crippen molar-refractivity contribution in [2.24, 2.45) is 4.99 Å². The molecule has 0 radical (unpaired) electrons. The lowest BCUT2D eigenvalue weighted by Gasteiger charge is -2.05. The van der Waals surface area contributed by atoms with Gasteiger partial charge in [0.2, 0.25) is 0 Å². The molecule has 2 rings (SSSR count). The number of rotatable bonds is 5. The standard InChI is InChI=1S/C12H14BrNOS/c13-6-7-16-9-11(14-10-16)8-15-12-4-2-1-3-5-12/h1-5,9-10,16H,6-8H2. The van der Waals surface area contributed by atoms with Crippen LogP contribution < -0.4 is 4.74 Å². The Bertz CT molecular complexity index is 391. The Morgan fingerprint density at radius 2 is 2.06 bits per heavy atom. The molecular weight excluding hydrogens is 286 g/mol. The lowest BCUT2D eigenvalue weighted by Crippen LogP contribution is -1.97. The highest BCUT2D eigenvalue weighted by Gasteiger charge is 2.07. The Kier molecular flexibility index (Phi) is 4.48. The molecule has 16 heavy (non-hydrogen) atoms. The van der Waals surface area contributed by atoms with Crippen molar-refractivity contribution in [3.8, 4) is 5.75 Å². The second-order valence-electron chi connectivity index (χ2n) is 3.39. The van der Waals surface area contributed by atoms with Gasteiger partial charge in [-0.05, 0) is 23.3 Å². The average Bonchev–Trinajstić information content (AvgIpc) is 2.76. The fraction of sp³-hybridized carbons (Fsp3) is 0.250. The maximum Gasteiger partial charge on any atom is 0.131 e. The molecule has 1 atom stereocenters. The zero-order chi connectivity index (χ0) is 11.2. The predicted octanol–water partition coefficient (Wildman–Crippen LogP) is 3.34. The molecule has 1 unspecified atom stereocenters. The summed E-state index contributed by atoms with van der Waals surface area (Å²) in [6.45, 7) is 0.571. The second-order valence-corrected chi connectivity index (χ2v) is 6.15. The largest absolute Gasteiger partial charge is 0.487 e. The zero-order valence-corrected chi connectivity index (χ0v) is 11.3. The monoisotopic (exact) mass is 299 g/mol. The number of benzene rings is 1. The van der Waals surface area contributed by atoms with Crippen LogP contribution in [0.25, 0.3) is 0 Å². The first-order valence-corrected chi connectivity index (χ1v) is 7.91. The average molecular weight is 300 g/mol. The van der Waals surface area contributed by atoms with Gasteiger partial charge in [-0.25, -0.2) is 0 Å². The van der Waals surface area contributed by atoms with Crippen molar-refractivity contribution in [1.29, 1.82) is 0 Å². The van der Waals surface area contributed by atoms with E-state index < -0.39 is 0 Å². The molecule has 0 bridgehead atoms. The van der Waals surface area contributed by atoms with Crippen LogP contribution in [0.1, 0.15) is 0 Å². The molecule has 0 saturated carbocycles. The van der Waals surface area contributed by atoms with Gasteiger partial charge >= 0.3 is 0 Å². The summed E-state index contributed by atoms with van der Waals surface area (Å²) in [5.41, 5.74) is 3.11. The molecule has 86 valence electrons. The molecule has 1 aliphatic heterocycles. The van der Waals surface area contributed by atoms with Gasteiger partial charge in [0, 0.05) is 10.9 Å². The van der Waals surface area contributed by atoms with Gasteiger partial charge in [0.1, 0.15) is 12.4 Å². The minimum atomic E-state index is -0.146. The number of aliphatic imine (C=N–C) groups is 1. The fourth-order valence-corrected chi connectivity index (χ4v) is 3.93. The SMILES string of the molecule is BrCC[SH]1C=NC(COc2ccccc2)=C1. The van der Waals surface area contributed by atoms with Crippen molar-refractivity contribution in [2.45, 2.75) is 0 Å². The van der Waals surface area contributed by atoms with E-state index >= 15 is 0 Å². The number of halogens is 1. The third kappa shape index (κ3) is 3.39. The Labute approximate surface area is 107 Å². The van der Waals surface area contributed by atoms with Gasteiger partial charge in [-0.3, -0.25) is 4.99 Å². The highest BCUT2D eigenvalue weighted by atomic mass is 79.9. The summed E-state index contributed by atoms with van der Waals surface area (Å²) < 4.78 is 5.63. The number of ether oxygens (including phenoxy) is 1. The summed E-state index contributed by atoms with van der Waals surface area (Å²) in [5, 5.41) is 3.27. The van der Waals surface area contributed by atoms with E-state index in [1.807, 2.05) is 30.3 Å². The van der Waals surface area contributed by atoms with Gasteiger partial charge in [-0.2, -0.15) is 10.9 Å². The first-order chi connectivity index (χ1) is 7.88. The van der Waals surface area contributed by atoms with E-state index in [9.17, 15) is 0 Å². The molecular formula is C12H14BrNOS. The number of hydrogen-bond acceptors (Lipinski definition) is 2. The van der Waals surface area contributed by atoms with Gasteiger partial charge in [-0.1, -0.05) is 34.1 Å². The Morgan fingerprint density at radius 1 is 1.25 bits per heavy atom. The topological polar surface area (TPSA) is 21.6 Å². The summed E-state index contributed by atoms with van der Waals surface area (Å²) in [6, 6.07) is 9.84. The van der Waals surface area contributed by atoms with Crippen LogP contribution in [0.3, 0.4) is 0 Å². The first kappa shape index (κ1) is 11.7. The number of thiol groups is 1. The minimum absolute atomic E-state index is 0.146. The molecule has 0 saturated heterocycles. The number of nitrogens with zero attached hydrogens (tertiary/aromatic N) is 1. The predicted molar refractivity (Wildman–Crippen MR) is 76.2 cm³/mol. The molecule has 1 heterocycles. The summed E-state index contributed by atoms with van der Waals surface area (Å²) >= 11 is 3.45. The maximum atomic E-state index is 5.63. The third-order valence-corrected chi connectivity index (χ3v) is 4.95. The van der Waals surface area contributed by atoms with E-state index in [-0.39, 0.29) is 10.9 Å². The molecule has 0 fully saturated rings. The van der Waals surface area contributed by atoms with Crippen LogP contribution in [0, 0.1) is 0 Å². The van der Waals surface area contributed by atoms with E-state index in [1.165, 1.54) is 0 Å². The lowest BCUT2D eigenvalue weighted by atomic mass is 10.3. The van der Waals surface area contributed by atoms with Crippen LogP contribution in [-0.4, -0.2) is 23.2 Å². The number of alkyl halides is 1. The van der Waals surface area contributed by atoms with Crippen molar-refractivity contribution in [1.82, 2.24) is 0 Å². The molecule has 0 amide bonds. The normalized spacial score (nSPS) is 20.8.